The third kappa shape index (κ3) is 6.22. The number of carbonyl (C=O) groups is 1. The van der Waals surface area contributed by atoms with Gasteiger partial charge in [-0.05, 0) is 39.3 Å². The monoisotopic (exact) mass is 255 g/mol. The van der Waals surface area contributed by atoms with Gasteiger partial charge in [-0.25, -0.2) is 4.79 Å². The molecule has 0 fully saturated rings. The average Bonchev–Trinajstić information content (AvgIpc) is 2.26. The van der Waals surface area contributed by atoms with Crippen molar-refractivity contribution in [1.29, 1.82) is 0 Å². The van der Waals surface area contributed by atoms with Gasteiger partial charge < -0.3 is 10.0 Å². The van der Waals surface area contributed by atoms with Crippen molar-refractivity contribution in [1.82, 2.24) is 4.90 Å². The van der Waals surface area contributed by atoms with E-state index in [2.05, 4.69) is 38.6 Å². The highest BCUT2D eigenvalue weighted by Gasteiger charge is 2.02. The quantitative estimate of drug-likeness (QED) is 0.793. The maximum Gasteiger partial charge on any atom is 0.407 e. The Morgan fingerprint density at radius 1 is 1.29 bits per heavy atom. The molecule has 0 radical (unpaired) electrons. The molecule has 1 aromatic rings. The summed E-state index contributed by atoms with van der Waals surface area (Å²) in [5, 5.41) is 8.30. The molecule has 0 heterocycles. The summed E-state index contributed by atoms with van der Waals surface area (Å²) in [7, 11) is 0. The molecule has 1 amide bonds. The minimum Gasteiger partial charge on any atom is -0.465 e. The smallest absolute Gasteiger partial charge is 0.407 e. The zero-order chi connectivity index (χ0) is 13.4. The van der Waals surface area contributed by atoms with Crippen LogP contribution in [-0.4, -0.2) is 29.2 Å². The van der Waals surface area contributed by atoms with Gasteiger partial charge in [0.05, 0.1) is 0 Å². The van der Waals surface area contributed by atoms with Gasteiger partial charge in [-0.1, -0.05) is 17.7 Å². The number of benzene rings is 1. The van der Waals surface area contributed by atoms with Crippen LogP contribution in [0.1, 0.15) is 25.0 Å². The number of nitrogens with zero attached hydrogens (tertiary/aromatic N) is 1. The van der Waals surface area contributed by atoms with Crippen LogP contribution in [-0.2, 0) is 0 Å². The lowest BCUT2D eigenvalue weighted by molar-refractivity contribution is 0.150. The lowest BCUT2D eigenvalue weighted by atomic mass is 10.2. The lowest BCUT2D eigenvalue weighted by Crippen LogP contribution is -2.28. The zero-order valence-corrected chi connectivity index (χ0v) is 11.8. The van der Waals surface area contributed by atoms with Crippen molar-refractivity contribution in [3.8, 4) is 0 Å². The molecule has 3 nitrogen and oxygen atoms in total. The van der Waals surface area contributed by atoms with E-state index in [1.165, 1.54) is 16.0 Å². The molecule has 0 aliphatic rings. The minimum absolute atomic E-state index is 0.575. The van der Waals surface area contributed by atoms with E-state index in [-0.39, 0.29) is 0 Å². The van der Waals surface area contributed by atoms with Crippen LogP contribution < -0.4 is 0 Å². The number of rotatable bonds is 2. The van der Waals surface area contributed by atoms with E-state index in [0.29, 0.717) is 13.1 Å². The number of amides is 1. The summed E-state index contributed by atoms with van der Waals surface area (Å²) >= 11 is 4.25. The Labute approximate surface area is 109 Å². The van der Waals surface area contributed by atoms with Crippen molar-refractivity contribution in [3.63, 3.8) is 0 Å². The molecule has 4 heteroatoms. The third-order valence-corrected chi connectivity index (χ3v) is 2.89. The number of thiol groups is 1. The SMILES string of the molecule is CCN(CC)C(=O)O.Cc1ccc(S)c(C)c1. The molecular weight excluding hydrogens is 234 g/mol. The normalized spacial score (nSPS) is 9.24. The molecule has 1 rings (SSSR count). The molecule has 0 saturated heterocycles. The summed E-state index contributed by atoms with van der Waals surface area (Å²) in [6.07, 6.45) is -0.838. The fraction of sp³-hybridized carbons (Fsp3) is 0.462. The number of aryl methyl sites for hydroxylation is 2. The fourth-order valence-electron chi connectivity index (χ4n) is 1.30. The Hall–Kier alpha value is -1.16. The van der Waals surface area contributed by atoms with E-state index in [4.69, 9.17) is 5.11 Å². The summed E-state index contributed by atoms with van der Waals surface area (Å²) < 4.78 is 0. The summed E-state index contributed by atoms with van der Waals surface area (Å²) in [5.41, 5.74) is 2.55. The first-order chi connectivity index (χ1) is 7.92. The first-order valence-electron chi connectivity index (χ1n) is 5.66. The van der Waals surface area contributed by atoms with Gasteiger partial charge in [-0.15, -0.1) is 12.6 Å². The maximum atomic E-state index is 10.1. The summed E-state index contributed by atoms with van der Waals surface area (Å²) in [4.78, 5) is 12.5. The van der Waals surface area contributed by atoms with E-state index in [0.717, 1.165) is 4.90 Å². The Morgan fingerprint density at radius 3 is 2.06 bits per heavy atom. The molecule has 0 aliphatic carbocycles. The van der Waals surface area contributed by atoms with Gasteiger partial charge in [0.2, 0.25) is 0 Å². The highest BCUT2D eigenvalue weighted by atomic mass is 32.1. The predicted molar refractivity (Wildman–Crippen MR) is 74.1 cm³/mol. The number of hydrogen-bond donors (Lipinski definition) is 2. The largest absolute Gasteiger partial charge is 0.465 e. The van der Waals surface area contributed by atoms with E-state index < -0.39 is 6.09 Å². The van der Waals surface area contributed by atoms with Gasteiger partial charge >= 0.3 is 6.09 Å². The summed E-state index contributed by atoms with van der Waals surface area (Å²) in [6.45, 7) is 8.93. The zero-order valence-electron chi connectivity index (χ0n) is 10.9. The Bertz CT molecular complexity index is 362. The van der Waals surface area contributed by atoms with E-state index in [1.807, 2.05) is 19.9 Å². The third-order valence-electron chi connectivity index (χ3n) is 2.39. The predicted octanol–water partition coefficient (Wildman–Crippen LogP) is 3.60. The molecule has 0 aromatic heterocycles. The first-order valence-corrected chi connectivity index (χ1v) is 6.11. The molecule has 0 saturated carbocycles. The van der Waals surface area contributed by atoms with E-state index in [1.54, 1.807) is 0 Å². The highest BCUT2D eigenvalue weighted by Crippen LogP contribution is 2.13. The molecule has 0 spiro atoms. The van der Waals surface area contributed by atoms with Crippen molar-refractivity contribution in [2.45, 2.75) is 32.6 Å². The molecule has 96 valence electrons. The number of carboxylic acid groups (broad SMARTS) is 1. The molecule has 17 heavy (non-hydrogen) atoms. The van der Waals surface area contributed by atoms with Crippen LogP contribution in [0.4, 0.5) is 4.79 Å². The Kier molecular flexibility index (Phi) is 7.46. The van der Waals surface area contributed by atoms with Crippen molar-refractivity contribution < 1.29 is 9.90 Å². The van der Waals surface area contributed by atoms with E-state index >= 15 is 0 Å². The van der Waals surface area contributed by atoms with Gasteiger partial charge in [-0.3, -0.25) is 0 Å². The van der Waals surface area contributed by atoms with Crippen LogP contribution in [0.3, 0.4) is 0 Å². The molecule has 0 bridgehead atoms. The van der Waals surface area contributed by atoms with Gasteiger partial charge in [0.15, 0.2) is 0 Å². The highest BCUT2D eigenvalue weighted by molar-refractivity contribution is 7.80. The average molecular weight is 255 g/mol. The lowest BCUT2D eigenvalue weighted by Gasteiger charge is -2.12. The van der Waals surface area contributed by atoms with Crippen LogP contribution >= 0.6 is 12.6 Å². The Morgan fingerprint density at radius 2 is 1.82 bits per heavy atom. The minimum atomic E-state index is -0.838. The van der Waals surface area contributed by atoms with Crippen LogP contribution in [0.5, 0.6) is 0 Å². The molecule has 0 unspecified atom stereocenters. The van der Waals surface area contributed by atoms with Crippen molar-refractivity contribution in [3.05, 3.63) is 29.3 Å². The van der Waals surface area contributed by atoms with Crippen LogP contribution in [0, 0.1) is 13.8 Å². The molecule has 1 N–H and O–H groups in total. The second kappa shape index (κ2) is 8.01. The van der Waals surface area contributed by atoms with Crippen LogP contribution in [0.15, 0.2) is 23.1 Å². The van der Waals surface area contributed by atoms with Gasteiger partial charge in [0.1, 0.15) is 0 Å². The van der Waals surface area contributed by atoms with Crippen LogP contribution in [0.25, 0.3) is 0 Å². The topological polar surface area (TPSA) is 40.5 Å². The fourth-order valence-corrected chi connectivity index (χ4v) is 1.44. The second-order valence-electron chi connectivity index (χ2n) is 3.74. The first kappa shape index (κ1) is 15.8. The van der Waals surface area contributed by atoms with Crippen molar-refractivity contribution in [2.24, 2.45) is 0 Å². The van der Waals surface area contributed by atoms with Gasteiger partial charge in [0, 0.05) is 18.0 Å². The van der Waals surface area contributed by atoms with Crippen LogP contribution in [0.2, 0.25) is 0 Å². The summed E-state index contributed by atoms with van der Waals surface area (Å²) in [5.74, 6) is 0. The molecular formula is C13H21NO2S. The van der Waals surface area contributed by atoms with E-state index in [9.17, 15) is 4.79 Å². The summed E-state index contributed by atoms with van der Waals surface area (Å²) in [6, 6.07) is 6.21. The second-order valence-corrected chi connectivity index (χ2v) is 4.23. The van der Waals surface area contributed by atoms with Gasteiger partial charge in [-0.2, -0.15) is 0 Å². The molecule has 0 atom stereocenters. The van der Waals surface area contributed by atoms with Crippen molar-refractivity contribution >= 4 is 18.7 Å². The standard InChI is InChI=1S/C8H10S.C5H11NO2/c1-6-3-4-8(9)7(2)5-6;1-3-6(4-2)5(7)8/h3-5,9H,1-2H3;3-4H2,1-2H3,(H,7,8). The number of hydrogen-bond acceptors (Lipinski definition) is 2. The van der Waals surface area contributed by atoms with Crippen molar-refractivity contribution in [2.75, 3.05) is 13.1 Å². The molecule has 1 aromatic carbocycles. The van der Waals surface area contributed by atoms with Gasteiger partial charge in [0.25, 0.3) is 0 Å². The Balaban J connectivity index is 0.000000304. The maximum absolute atomic E-state index is 10.1. The molecule has 0 aliphatic heterocycles.